The molecule has 0 atom stereocenters. The van der Waals surface area contributed by atoms with E-state index in [1.807, 2.05) is 0 Å². The third-order valence-corrected chi connectivity index (χ3v) is 9.14. The van der Waals surface area contributed by atoms with Crippen LogP contribution in [0.25, 0.3) is 32.7 Å². The number of aryl methyl sites for hydroxylation is 2. The molecule has 7 aromatic carbocycles. The van der Waals surface area contributed by atoms with Crippen LogP contribution >= 0.6 is 0 Å². The third kappa shape index (κ3) is 5.78. The molecule has 0 aliphatic carbocycles. The fourth-order valence-corrected chi connectivity index (χ4v) is 6.79. The Bertz CT molecular complexity index is 2260. The zero-order valence-electron chi connectivity index (χ0n) is 28.1. The summed E-state index contributed by atoms with van der Waals surface area (Å²) in [7, 11) is 0. The largest absolute Gasteiger partial charge is 0.310 e. The number of benzene rings is 7. The first kappa shape index (κ1) is 30.8. The highest BCUT2D eigenvalue weighted by atomic mass is 15.2. The lowest BCUT2D eigenvalue weighted by Crippen LogP contribution is -2.16. The Morgan fingerprint density at radius 3 is 1.50 bits per heavy atom. The summed E-state index contributed by atoms with van der Waals surface area (Å²) in [4.78, 5) is 4.77. The fraction of sp³-hybridized carbons (Fsp3) is 0.0870. The fourth-order valence-electron chi connectivity index (χ4n) is 6.79. The van der Waals surface area contributed by atoms with Crippen molar-refractivity contribution in [3.05, 3.63) is 187 Å². The van der Waals surface area contributed by atoms with Crippen LogP contribution in [-0.2, 0) is 0 Å². The maximum Gasteiger partial charge on any atom is 0.0569 e. The monoisotopic (exact) mass is 620 g/mol. The maximum absolute atomic E-state index is 2.38. The van der Waals surface area contributed by atoms with Crippen LogP contribution in [0.1, 0.15) is 25.0 Å². The molecule has 0 aliphatic heterocycles. The van der Waals surface area contributed by atoms with E-state index in [9.17, 15) is 0 Å². The Labute approximate surface area is 284 Å². The number of rotatable bonds is 8. The van der Waals surface area contributed by atoms with Gasteiger partial charge in [0.25, 0.3) is 0 Å². The molecule has 0 spiro atoms. The SMILES string of the molecule is C/C=C\C(=C/C)N(c1ccc(-c2ccc(N(c3ccccc3)c3c(C)ccc4ccccc34)cc2)cc1)c1c(C)ccc2ccccc12. The van der Waals surface area contributed by atoms with E-state index in [-0.39, 0.29) is 0 Å². The lowest BCUT2D eigenvalue weighted by molar-refractivity contribution is 1.19. The van der Waals surface area contributed by atoms with Gasteiger partial charge in [0.2, 0.25) is 0 Å². The van der Waals surface area contributed by atoms with Crippen molar-refractivity contribution in [3.8, 4) is 11.1 Å². The van der Waals surface area contributed by atoms with Gasteiger partial charge in [0.1, 0.15) is 0 Å². The molecular formula is C46H40N2. The molecule has 0 heterocycles. The van der Waals surface area contributed by atoms with Gasteiger partial charge < -0.3 is 9.80 Å². The van der Waals surface area contributed by atoms with Crippen LogP contribution < -0.4 is 9.80 Å². The van der Waals surface area contributed by atoms with E-state index in [2.05, 4.69) is 207 Å². The number of fused-ring (bicyclic) bond motifs is 2. The predicted octanol–water partition coefficient (Wildman–Crippen LogP) is 13.4. The van der Waals surface area contributed by atoms with Gasteiger partial charge in [-0.2, -0.15) is 0 Å². The van der Waals surface area contributed by atoms with Crippen LogP contribution in [0.2, 0.25) is 0 Å². The molecule has 0 aliphatic rings. The molecule has 48 heavy (non-hydrogen) atoms. The predicted molar refractivity (Wildman–Crippen MR) is 208 cm³/mol. The topological polar surface area (TPSA) is 6.48 Å². The van der Waals surface area contributed by atoms with Gasteiger partial charge in [0, 0.05) is 33.5 Å². The quantitative estimate of drug-likeness (QED) is 0.156. The Morgan fingerprint density at radius 2 is 0.938 bits per heavy atom. The molecule has 0 fully saturated rings. The minimum atomic E-state index is 1.13. The van der Waals surface area contributed by atoms with Crippen molar-refractivity contribution in [2.45, 2.75) is 27.7 Å². The summed E-state index contributed by atoms with van der Waals surface area (Å²) >= 11 is 0. The molecule has 2 nitrogen and oxygen atoms in total. The number of hydrogen-bond acceptors (Lipinski definition) is 2. The number of nitrogens with zero attached hydrogens (tertiary/aromatic N) is 2. The van der Waals surface area contributed by atoms with Gasteiger partial charge in [-0.25, -0.2) is 0 Å². The third-order valence-electron chi connectivity index (χ3n) is 9.14. The van der Waals surface area contributed by atoms with E-state index >= 15 is 0 Å². The molecule has 0 N–H and O–H groups in total. The van der Waals surface area contributed by atoms with Gasteiger partial charge in [-0.1, -0.05) is 127 Å². The van der Waals surface area contributed by atoms with Crippen molar-refractivity contribution >= 4 is 50.0 Å². The molecule has 0 bridgehead atoms. The van der Waals surface area contributed by atoms with Crippen LogP contribution in [0.4, 0.5) is 28.4 Å². The Kier molecular flexibility index (Phi) is 8.64. The number of anilines is 5. The van der Waals surface area contributed by atoms with E-state index in [4.69, 9.17) is 0 Å². The molecular weight excluding hydrogens is 581 g/mol. The van der Waals surface area contributed by atoms with Gasteiger partial charge in [-0.05, 0) is 103 Å². The zero-order valence-corrected chi connectivity index (χ0v) is 28.1. The molecule has 0 saturated heterocycles. The first-order valence-electron chi connectivity index (χ1n) is 16.7. The van der Waals surface area contributed by atoms with Crippen molar-refractivity contribution in [1.82, 2.24) is 0 Å². The Balaban J connectivity index is 1.28. The highest BCUT2D eigenvalue weighted by Crippen LogP contribution is 2.42. The minimum absolute atomic E-state index is 1.13. The van der Waals surface area contributed by atoms with Gasteiger partial charge >= 0.3 is 0 Å². The van der Waals surface area contributed by atoms with Crippen LogP contribution in [0.3, 0.4) is 0 Å². The van der Waals surface area contributed by atoms with E-state index in [0.717, 1.165) is 22.8 Å². The number of allylic oxidation sites excluding steroid dienone is 3. The minimum Gasteiger partial charge on any atom is -0.310 e. The summed E-state index contributed by atoms with van der Waals surface area (Å²) in [5, 5.41) is 4.95. The summed E-state index contributed by atoms with van der Waals surface area (Å²) in [6.45, 7) is 8.58. The lowest BCUT2D eigenvalue weighted by Gasteiger charge is -2.29. The lowest BCUT2D eigenvalue weighted by atomic mass is 10.0. The van der Waals surface area contributed by atoms with Gasteiger partial charge in [0.05, 0.1) is 11.4 Å². The second-order valence-corrected chi connectivity index (χ2v) is 12.2. The standard InChI is InChI=1S/C46H40N2/c1-5-14-39(6-2)47(45-33(3)21-23-37-15-10-12-19-43(37)45)41-29-25-35(26-30-41)36-27-31-42(32-28-36)48(40-17-8-7-9-18-40)46-34(4)22-24-38-16-11-13-20-44(38)46/h5-32H,1-4H3/b14-5-,39-6+. The Hall–Kier alpha value is -5.86. The molecule has 7 aromatic rings. The summed E-state index contributed by atoms with van der Waals surface area (Å²) in [5.74, 6) is 0. The maximum atomic E-state index is 2.38. The second-order valence-electron chi connectivity index (χ2n) is 12.2. The molecule has 2 heteroatoms. The van der Waals surface area contributed by atoms with Crippen LogP contribution in [0.5, 0.6) is 0 Å². The van der Waals surface area contributed by atoms with Crippen molar-refractivity contribution in [1.29, 1.82) is 0 Å². The van der Waals surface area contributed by atoms with Gasteiger partial charge in [0.15, 0.2) is 0 Å². The van der Waals surface area contributed by atoms with E-state index in [1.54, 1.807) is 0 Å². The highest BCUT2D eigenvalue weighted by Gasteiger charge is 2.19. The molecule has 0 unspecified atom stereocenters. The first-order chi connectivity index (χ1) is 23.6. The van der Waals surface area contributed by atoms with Crippen LogP contribution in [-0.4, -0.2) is 0 Å². The van der Waals surface area contributed by atoms with E-state index < -0.39 is 0 Å². The van der Waals surface area contributed by atoms with Crippen molar-refractivity contribution in [2.24, 2.45) is 0 Å². The van der Waals surface area contributed by atoms with E-state index in [1.165, 1.54) is 55.2 Å². The summed E-state index contributed by atoms with van der Waals surface area (Å²) < 4.78 is 0. The summed E-state index contributed by atoms with van der Waals surface area (Å²) in [5.41, 5.74) is 11.8. The number of para-hydroxylation sites is 1. The van der Waals surface area contributed by atoms with Crippen LogP contribution in [0.15, 0.2) is 176 Å². The zero-order chi connectivity index (χ0) is 33.0. The number of hydrogen-bond donors (Lipinski definition) is 0. The van der Waals surface area contributed by atoms with Gasteiger partial charge in [-0.3, -0.25) is 0 Å². The van der Waals surface area contributed by atoms with Crippen molar-refractivity contribution in [3.63, 3.8) is 0 Å². The van der Waals surface area contributed by atoms with E-state index in [0.29, 0.717) is 0 Å². The van der Waals surface area contributed by atoms with Crippen LogP contribution in [0, 0.1) is 13.8 Å². The Morgan fingerprint density at radius 1 is 0.458 bits per heavy atom. The summed E-state index contributed by atoms with van der Waals surface area (Å²) in [6.07, 6.45) is 6.48. The second kappa shape index (κ2) is 13.5. The molecule has 0 saturated carbocycles. The molecule has 234 valence electrons. The average Bonchev–Trinajstić information content (AvgIpc) is 3.14. The summed E-state index contributed by atoms with van der Waals surface area (Å²) in [6, 6.07) is 54.8. The smallest absolute Gasteiger partial charge is 0.0569 e. The normalized spacial score (nSPS) is 11.8. The highest BCUT2D eigenvalue weighted by molar-refractivity contribution is 6.01. The first-order valence-corrected chi connectivity index (χ1v) is 16.7. The average molecular weight is 621 g/mol. The molecule has 0 aromatic heterocycles. The van der Waals surface area contributed by atoms with Crippen molar-refractivity contribution in [2.75, 3.05) is 9.80 Å². The van der Waals surface area contributed by atoms with Crippen molar-refractivity contribution < 1.29 is 0 Å². The molecule has 0 radical (unpaired) electrons. The van der Waals surface area contributed by atoms with Gasteiger partial charge in [-0.15, -0.1) is 0 Å². The molecule has 0 amide bonds. The molecule has 7 rings (SSSR count).